The van der Waals surface area contributed by atoms with Crippen LogP contribution in [0.3, 0.4) is 0 Å². The molecule has 0 spiro atoms. The molecule has 1 aromatic heterocycles. The minimum atomic E-state index is -3.75. The molecule has 8 heteroatoms. The maximum atomic E-state index is 13.0. The molecule has 0 saturated heterocycles. The van der Waals surface area contributed by atoms with Gasteiger partial charge in [-0.25, -0.2) is 8.42 Å². The Morgan fingerprint density at radius 2 is 1.74 bits per heavy atom. The number of rotatable bonds is 5. The summed E-state index contributed by atoms with van der Waals surface area (Å²) < 4.78 is 32.1. The molecule has 1 N–H and O–H groups in total. The van der Waals surface area contributed by atoms with Crippen molar-refractivity contribution in [3.05, 3.63) is 71.2 Å². The van der Waals surface area contributed by atoms with E-state index in [1.54, 1.807) is 37.3 Å². The van der Waals surface area contributed by atoms with Crippen molar-refractivity contribution in [1.29, 1.82) is 0 Å². The fraction of sp³-hybridized carbons (Fsp3) is 0.174. The first-order chi connectivity index (χ1) is 14.6. The van der Waals surface area contributed by atoms with Gasteiger partial charge >= 0.3 is 0 Å². The Hall–Kier alpha value is -3.03. The average Bonchev–Trinajstić information content (AvgIpc) is 3.07. The van der Waals surface area contributed by atoms with Gasteiger partial charge in [0.1, 0.15) is 17.2 Å². The zero-order valence-electron chi connectivity index (χ0n) is 17.2. The molecule has 0 unspecified atom stereocenters. The topological polar surface area (TPSA) is 79.6 Å². The van der Waals surface area contributed by atoms with Crippen molar-refractivity contribution in [2.75, 3.05) is 15.9 Å². The van der Waals surface area contributed by atoms with Crippen LogP contribution >= 0.6 is 11.6 Å². The molecule has 3 aromatic carbocycles. The number of carbonyl (C=O) groups excluding carboxylic acids is 1. The summed E-state index contributed by atoms with van der Waals surface area (Å²) in [6.07, 6.45) is 1.07. The lowest BCUT2D eigenvalue weighted by Crippen LogP contribution is -2.45. The van der Waals surface area contributed by atoms with Crippen molar-refractivity contribution in [1.82, 2.24) is 0 Å². The maximum absolute atomic E-state index is 13.0. The lowest BCUT2D eigenvalue weighted by atomic mass is 10.1. The minimum absolute atomic E-state index is 0.366. The Morgan fingerprint density at radius 1 is 1.03 bits per heavy atom. The molecule has 31 heavy (non-hydrogen) atoms. The number of sulfonamides is 1. The molecule has 0 radical (unpaired) electrons. The summed E-state index contributed by atoms with van der Waals surface area (Å²) in [6.45, 7) is 3.31. The highest BCUT2D eigenvalue weighted by Crippen LogP contribution is 2.31. The van der Waals surface area contributed by atoms with Gasteiger partial charge in [0, 0.05) is 27.5 Å². The van der Waals surface area contributed by atoms with Crippen molar-refractivity contribution >= 4 is 60.8 Å². The van der Waals surface area contributed by atoms with E-state index < -0.39 is 22.0 Å². The molecule has 0 aliphatic carbocycles. The van der Waals surface area contributed by atoms with Gasteiger partial charge in [0.2, 0.25) is 15.9 Å². The smallest absolute Gasteiger partial charge is 0.247 e. The summed E-state index contributed by atoms with van der Waals surface area (Å²) in [4.78, 5) is 13.0. The Bertz CT molecular complexity index is 1410. The number of hydrogen-bond donors (Lipinski definition) is 1. The molecule has 1 amide bonds. The summed E-state index contributed by atoms with van der Waals surface area (Å²) in [5.41, 5.74) is 2.97. The summed E-state index contributed by atoms with van der Waals surface area (Å²) in [5.74, 6) is -0.472. The molecule has 6 nitrogen and oxygen atoms in total. The predicted octanol–water partition coefficient (Wildman–Crippen LogP) is 5.34. The second-order valence-corrected chi connectivity index (χ2v) is 9.76. The number of aryl methyl sites for hydroxylation is 1. The van der Waals surface area contributed by atoms with Gasteiger partial charge in [0.25, 0.3) is 0 Å². The second-order valence-electron chi connectivity index (χ2n) is 7.46. The molecule has 0 aliphatic rings. The molecule has 4 rings (SSSR count). The number of anilines is 2. The van der Waals surface area contributed by atoms with Crippen LogP contribution in [0, 0.1) is 6.92 Å². The standard InChI is InChI=1S/C23H21ClN2O4S/c1-14-8-9-16(24)12-20(14)26(31(3,28)29)15(2)23(27)25-17-10-11-19-18-6-4-5-7-21(18)30-22(19)13-17/h4-13,15H,1-3H3,(H,25,27)/t15-/m0/s1. The van der Waals surface area contributed by atoms with Gasteiger partial charge in [0.15, 0.2) is 0 Å². The van der Waals surface area contributed by atoms with Gasteiger partial charge < -0.3 is 9.73 Å². The molecule has 0 aliphatic heterocycles. The predicted molar refractivity (Wildman–Crippen MR) is 125 cm³/mol. The lowest BCUT2D eigenvalue weighted by molar-refractivity contribution is -0.116. The van der Waals surface area contributed by atoms with Crippen molar-refractivity contribution < 1.29 is 17.6 Å². The normalized spacial score (nSPS) is 12.8. The van der Waals surface area contributed by atoms with Crippen LogP contribution in [0.25, 0.3) is 21.9 Å². The quantitative estimate of drug-likeness (QED) is 0.439. The SMILES string of the molecule is Cc1ccc(Cl)cc1N([C@@H](C)C(=O)Nc1ccc2c(c1)oc1ccccc12)S(C)(=O)=O. The molecule has 1 heterocycles. The van der Waals surface area contributed by atoms with Crippen LogP contribution < -0.4 is 9.62 Å². The monoisotopic (exact) mass is 456 g/mol. The van der Waals surface area contributed by atoms with E-state index in [0.717, 1.165) is 26.9 Å². The maximum Gasteiger partial charge on any atom is 0.247 e. The molecule has 1 atom stereocenters. The molecule has 0 fully saturated rings. The highest BCUT2D eigenvalue weighted by atomic mass is 35.5. The Kier molecular flexibility index (Phi) is 5.41. The number of para-hydroxylation sites is 1. The van der Waals surface area contributed by atoms with E-state index in [0.29, 0.717) is 27.5 Å². The van der Waals surface area contributed by atoms with Gasteiger partial charge in [-0.15, -0.1) is 0 Å². The van der Waals surface area contributed by atoms with Crippen molar-refractivity contribution in [2.24, 2.45) is 0 Å². The third-order valence-corrected chi connectivity index (χ3v) is 6.61. The van der Waals surface area contributed by atoms with Gasteiger partial charge in [-0.3, -0.25) is 9.10 Å². The first kappa shape index (κ1) is 21.2. The van der Waals surface area contributed by atoms with E-state index in [1.807, 2.05) is 30.3 Å². The summed E-state index contributed by atoms with van der Waals surface area (Å²) in [6, 6.07) is 17.0. The molecule has 0 saturated carbocycles. The third kappa shape index (κ3) is 4.11. The number of amides is 1. The van der Waals surface area contributed by atoms with E-state index in [-0.39, 0.29) is 0 Å². The first-order valence-corrected chi connectivity index (χ1v) is 11.9. The summed E-state index contributed by atoms with van der Waals surface area (Å²) >= 11 is 6.08. The van der Waals surface area contributed by atoms with Gasteiger partial charge in [0.05, 0.1) is 11.9 Å². The highest BCUT2D eigenvalue weighted by Gasteiger charge is 2.30. The minimum Gasteiger partial charge on any atom is -0.456 e. The van der Waals surface area contributed by atoms with Crippen LogP contribution in [0.15, 0.2) is 65.1 Å². The van der Waals surface area contributed by atoms with E-state index in [4.69, 9.17) is 16.0 Å². The Morgan fingerprint density at radius 3 is 2.48 bits per heavy atom. The van der Waals surface area contributed by atoms with Gasteiger partial charge in [-0.2, -0.15) is 0 Å². The van der Waals surface area contributed by atoms with E-state index >= 15 is 0 Å². The number of benzene rings is 3. The number of nitrogens with zero attached hydrogens (tertiary/aromatic N) is 1. The zero-order chi connectivity index (χ0) is 22.3. The molecule has 160 valence electrons. The highest BCUT2D eigenvalue weighted by molar-refractivity contribution is 7.92. The van der Waals surface area contributed by atoms with E-state index in [2.05, 4.69) is 5.32 Å². The largest absolute Gasteiger partial charge is 0.456 e. The lowest BCUT2D eigenvalue weighted by Gasteiger charge is -2.29. The van der Waals surface area contributed by atoms with Crippen molar-refractivity contribution in [3.8, 4) is 0 Å². The number of halogens is 1. The first-order valence-electron chi connectivity index (χ1n) is 9.63. The molecule has 0 bridgehead atoms. The van der Waals surface area contributed by atoms with Crippen molar-refractivity contribution in [3.63, 3.8) is 0 Å². The number of furan rings is 1. The number of hydrogen-bond acceptors (Lipinski definition) is 4. The van der Waals surface area contributed by atoms with Crippen LogP contribution in [0.4, 0.5) is 11.4 Å². The fourth-order valence-corrected chi connectivity index (χ4v) is 5.04. The number of carbonyl (C=O) groups is 1. The van der Waals surface area contributed by atoms with Crippen LogP contribution in [0.5, 0.6) is 0 Å². The van der Waals surface area contributed by atoms with Crippen LogP contribution in [0.1, 0.15) is 12.5 Å². The van der Waals surface area contributed by atoms with Crippen LogP contribution in [0.2, 0.25) is 5.02 Å². The van der Waals surface area contributed by atoms with Crippen LogP contribution in [-0.4, -0.2) is 26.6 Å². The fourth-order valence-electron chi connectivity index (χ4n) is 3.65. The Balaban J connectivity index is 1.66. The molecule has 4 aromatic rings. The number of fused-ring (bicyclic) bond motifs is 3. The molecular formula is C23H21ClN2O4S. The summed E-state index contributed by atoms with van der Waals surface area (Å²) in [7, 11) is -3.75. The van der Waals surface area contributed by atoms with Crippen LogP contribution in [-0.2, 0) is 14.8 Å². The zero-order valence-corrected chi connectivity index (χ0v) is 18.8. The van der Waals surface area contributed by atoms with Gasteiger partial charge in [-0.05, 0) is 49.7 Å². The van der Waals surface area contributed by atoms with Crippen molar-refractivity contribution in [2.45, 2.75) is 19.9 Å². The second kappa shape index (κ2) is 7.90. The number of nitrogens with one attached hydrogen (secondary N) is 1. The average molecular weight is 457 g/mol. The third-order valence-electron chi connectivity index (χ3n) is 5.14. The van der Waals surface area contributed by atoms with Gasteiger partial charge in [-0.1, -0.05) is 35.9 Å². The van der Waals surface area contributed by atoms with E-state index in [9.17, 15) is 13.2 Å². The van der Waals surface area contributed by atoms with E-state index in [1.165, 1.54) is 6.92 Å². The summed E-state index contributed by atoms with van der Waals surface area (Å²) in [5, 5.41) is 5.11. The Labute approximate surface area is 185 Å². The molecular weight excluding hydrogens is 436 g/mol.